The molecule has 1 fully saturated rings. The molecule has 126 valence electrons. The molecule has 1 amide bonds. The van der Waals surface area contributed by atoms with Crippen molar-refractivity contribution in [3.63, 3.8) is 0 Å². The summed E-state index contributed by atoms with van der Waals surface area (Å²) >= 11 is 0. The summed E-state index contributed by atoms with van der Waals surface area (Å²) < 4.78 is 9.86. The Hall–Kier alpha value is -2.08. The Morgan fingerprint density at radius 1 is 1.35 bits per heavy atom. The molecule has 3 N–H and O–H groups in total. The van der Waals surface area contributed by atoms with Crippen LogP contribution in [0, 0.1) is 11.8 Å². The molecule has 0 unspecified atom stereocenters. The largest absolute Gasteiger partial charge is 0.482 e. The van der Waals surface area contributed by atoms with Gasteiger partial charge in [-0.05, 0) is 43.0 Å². The van der Waals surface area contributed by atoms with Crippen molar-refractivity contribution in [2.45, 2.75) is 25.8 Å². The molecule has 2 atom stereocenters. The average molecular weight is 320 g/mol. The van der Waals surface area contributed by atoms with Crippen molar-refractivity contribution in [3.8, 4) is 5.75 Å². The fourth-order valence-electron chi connectivity index (χ4n) is 2.93. The number of nitrogens with two attached hydrogens (primary N) is 1. The van der Waals surface area contributed by atoms with Gasteiger partial charge in [-0.1, -0.05) is 18.6 Å². The van der Waals surface area contributed by atoms with Gasteiger partial charge in [0.25, 0.3) is 0 Å². The normalized spacial score (nSPS) is 20.1. The monoisotopic (exact) mass is 320 g/mol. The van der Waals surface area contributed by atoms with E-state index >= 15 is 0 Å². The van der Waals surface area contributed by atoms with E-state index < -0.39 is 5.97 Å². The maximum absolute atomic E-state index is 12.3. The molecule has 23 heavy (non-hydrogen) atoms. The van der Waals surface area contributed by atoms with E-state index in [1.165, 1.54) is 7.11 Å². The first-order chi connectivity index (χ1) is 11.1. The summed E-state index contributed by atoms with van der Waals surface area (Å²) in [5, 5.41) is 2.97. The van der Waals surface area contributed by atoms with Gasteiger partial charge in [0.05, 0.1) is 7.11 Å². The summed E-state index contributed by atoms with van der Waals surface area (Å²) in [5.41, 5.74) is 6.64. The van der Waals surface area contributed by atoms with Crippen LogP contribution in [0.3, 0.4) is 0 Å². The third kappa shape index (κ3) is 4.96. The zero-order valence-electron chi connectivity index (χ0n) is 13.4. The van der Waals surface area contributed by atoms with Gasteiger partial charge in [-0.3, -0.25) is 4.79 Å². The van der Waals surface area contributed by atoms with Gasteiger partial charge in [0.2, 0.25) is 5.91 Å². The van der Waals surface area contributed by atoms with Crippen LogP contribution in [-0.2, 0) is 20.9 Å². The van der Waals surface area contributed by atoms with E-state index in [2.05, 4.69) is 10.1 Å². The predicted octanol–water partition coefficient (Wildman–Crippen LogP) is 1.23. The lowest BCUT2D eigenvalue weighted by atomic mass is 9.95. The van der Waals surface area contributed by atoms with Crippen LogP contribution in [0.1, 0.15) is 24.8 Å². The second-order valence-electron chi connectivity index (χ2n) is 5.76. The van der Waals surface area contributed by atoms with E-state index in [-0.39, 0.29) is 18.4 Å². The van der Waals surface area contributed by atoms with Gasteiger partial charge >= 0.3 is 5.97 Å². The first-order valence-corrected chi connectivity index (χ1v) is 7.90. The van der Waals surface area contributed by atoms with Crippen molar-refractivity contribution in [2.24, 2.45) is 17.6 Å². The van der Waals surface area contributed by atoms with Crippen LogP contribution in [0.4, 0.5) is 0 Å². The number of hydrogen-bond donors (Lipinski definition) is 2. The first kappa shape index (κ1) is 17.3. The third-order valence-electron chi connectivity index (χ3n) is 4.25. The number of methoxy groups -OCH3 is 1. The second-order valence-corrected chi connectivity index (χ2v) is 5.76. The van der Waals surface area contributed by atoms with Gasteiger partial charge in [-0.25, -0.2) is 4.79 Å². The molecular formula is C17H24N2O4. The number of amides is 1. The Labute approximate surface area is 136 Å². The van der Waals surface area contributed by atoms with Crippen molar-refractivity contribution in [1.29, 1.82) is 0 Å². The molecule has 6 nitrogen and oxygen atoms in total. The molecule has 2 rings (SSSR count). The molecule has 1 aromatic rings. The lowest BCUT2D eigenvalue weighted by molar-refractivity contribution is -0.142. The highest BCUT2D eigenvalue weighted by Gasteiger charge is 2.31. The summed E-state index contributed by atoms with van der Waals surface area (Å²) in [6.45, 7) is 0.865. The summed E-state index contributed by atoms with van der Waals surface area (Å²) in [4.78, 5) is 23.3. The molecule has 0 aliphatic heterocycles. The molecule has 0 bridgehead atoms. The Kier molecular flexibility index (Phi) is 6.40. The summed E-state index contributed by atoms with van der Waals surface area (Å²) in [6.07, 6.45) is 3.01. The van der Waals surface area contributed by atoms with Crippen LogP contribution in [0.25, 0.3) is 0 Å². The van der Waals surface area contributed by atoms with E-state index in [4.69, 9.17) is 10.5 Å². The Balaban J connectivity index is 1.85. The van der Waals surface area contributed by atoms with Gasteiger partial charge in [-0.15, -0.1) is 0 Å². The van der Waals surface area contributed by atoms with E-state index in [0.717, 1.165) is 24.8 Å². The van der Waals surface area contributed by atoms with Gasteiger partial charge in [0.15, 0.2) is 6.61 Å². The minimum absolute atomic E-state index is 0.0266. The minimum Gasteiger partial charge on any atom is -0.482 e. The van der Waals surface area contributed by atoms with E-state index in [1.807, 2.05) is 12.1 Å². The zero-order valence-corrected chi connectivity index (χ0v) is 13.4. The minimum atomic E-state index is -0.433. The topological polar surface area (TPSA) is 90.6 Å². The summed E-state index contributed by atoms with van der Waals surface area (Å²) in [6, 6.07) is 7.29. The number of ether oxygens (including phenoxy) is 2. The van der Waals surface area contributed by atoms with Crippen LogP contribution >= 0.6 is 0 Å². The van der Waals surface area contributed by atoms with Crippen molar-refractivity contribution in [3.05, 3.63) is 29.8 Å². The number of carbonyl (C=O) groups excluding carboxylic acids is 2. The number of rotatable bonds is 7. The van der Waals surface area contributed by atoms with Crippen molar-refractivity contribution >= 4 is 11.9 Å². The van der Waals surface area contributed by atoms with E-state index in [9.17, 15) is 9.59 Å². The van der Waals surface area contributed by atoms with Crippen molar-refractivity contribution in [1.82, 2.24) is 5.32 Å². The summed E-state index contributed by atoms with van der Waals surface area (Å²) in [5.74, 6) is 0.530. The zero-order chi connectivity index (χ0) is 16.7. The van der Waals surface area contributed by atoms with Crippen LogP contribution in [0.5, 0.6) is 5.75 Å². The summed E-state index contributed by atoms with van der Waals surface area (Å²) in [7, 11) is 1.31. The van der Waals surface area contributed by atoms with Crippen LogP contribution in [0.15, 0.2) is 24.3 Å². The van der Waals surface area contributed by atoms with Crippen LogP contribution in [-0.4, -0.2) is 32.1 Å². The van der Waals surface area contributed by atoms with Gasteiger partial charge in [0, 0.05) is 12.5 Å². The smallest absolute Gasteiger partial charge is 0.343 e. The number of hydrogen-bond acceptors (Lipinski definition) is 5. The maximum Gasteiger partial charge on any atom is 0.343 e. The molecule has 0 saturated heterocycles. The van der Waals surface area contributed by atoms with E-state index in [1.54, 1.807) is 12.1 Å². The molecule has 1 aliphatic carbocycles. The van der Waals surface area contributed by atoms with Crippen molar-refractivity contribution < 1.29 is 19.1 Å². The van der Waals surface area contributed by atoms with Crippen LogP contribution in [0.2, 0.25) is 0 Å². The molecular weight excluding hydrogens is 296 g/mol. The highest BCUT2D eigenvalue weighted by molar-refractivity contribution is 5.79. The quantitative estimate of drug-likeness (QED) is 0.737. The Bertz CT molecular complexity index is 547. The van der Waals surface area contributed by atoms with Gasteiger partial charge in [-0.2, -0.15) is 0 Å². The average Bonchev–Trinajstić information content (AvgIpc) is 3.06. The second kappa shape index (κ2) is 8.53. The predicted molar refractivity (Wildman–Crippen MR) is 85.7 cm³/mol. The van der Waals surface area contributed by atoms with Crippen LogP contribution < -0.4 is 15.8 Å². The number of nitrogens with one attached hydrogen (secondary N) is 1. The lowest BCUT2D eigenvalue weighted by Crippen LogP contribution is -2.34. The molecule has 6 heteroatoms. The molecule has 1 aliphatic rings. The lowest BCUT2D eigenvalue weighted by Gasteiger charge is -2.17. The highest BCUT2D eigenvalue weighted by atomic mass is 16.6. The molecule has 1 saturated carbocycles. The number of carbonyl (C=O) groups is 2. The molecule has 0 aromatic heterocycles. The van der Waals surface area contributed by atoms with E-state index in [0.29, 0.717) is 24.8 Å². The third-order valence-corrected chi connectivity index (χ3v) is 4.25. The Morgan fingerprint density at radius 3 is 2.91 bits per heavy atom. The van der Waals surface area contributed by atoms with Gasteiger partial charge in [0.1, 0.15) is 5.75 Å². The standard InChI is InChI=1S/C17H24N2O4/c1-22-16(20)11-23-14-6-2-4-12(8-14)10-19-17(21)15-7-3-5-13(15)9-18/h2,4,6,8,13,15H,3,5,7,9-11,18H2,1H3,(H,19,21)/t13-,15-/m1/s1. The molecule has 0 radical (unpaired) electrons. The number of benzene rings is 1. The molecule has 0 heterocycles. The van der Waals surface area contributed by atoms with Gasteiger partial charge < -0.3 is 20.5 Å². The Morgan fingerprint density at radius 2 is 2.17 bits per heavy atom. The molecule has 0 spiro atoms. The SMILES string of the molecule is COC(=O)COc1cccc(CNC(=O)[C@@H]2CCC[C@@H]2CN)c1. The first-order valence-electron chi connectivity index (χ1n) is 7.90. The fourth-order valence-corrected chi connectivity index (χ4v) is 2.93. The maximum atomic E-state index is 12.3. The highest BCUT2D eigenvalue weighted by Crippen LogP contribution is 2.31. The number of esters is 1. The van der Waals surface area contributed by atoms with Crippen molar-refractivity contribution in [2.75, 3.05) is 20.3 Å². The molecule has 1 aromatic carbocycles. The fraction of sp³-hybridized carbons (Fsp3) is 0.529.